The molecule has 0 saturated carbocycles. The second-order valence-corrected chi connectivity index (χ2v) is 8.24. The topological polar surface area (TPSA) is 82.3 Å². The van der Waals surface area contributed by atoms with E-state index in [0.717, 1.165) is 17.2 Å². The fourth-order valence-corrected chi connectivity index (χ4v) is 4.27. The molecule has 23 heavy (non-hydrogen) atoms. The first kappa shape index (κ1) is 16.2. The molecular weight excluding hydrogens is 358 g/mol. The minimum atomic E-state index is -3.40. The molecule has 1 fully saturated rings. The number of carbonyl (C=O) groups is 1. The molecule has 6 nitrogen and oxygen atoms in total. The third kappa shape index (κ3) is 2.71. The van der Waals surface area contributed by atoms with Gasteiger partial charge in [-0.15, -0.1) is 0 Å². The van der Waals surface area contributed by atoms with E-state index in [1.807, 2.05) is 0 Å². The quantitative estimate of drug-likeness (QED) is 0.799. The molecule has 0 aliphatic carbocycles. The van der Waals surface area contributed by atoms with Crippen LogP contribution in [0.15, 0.2) is 23.2 Å². The lowest BCUT2D eigenvalue weighted by atomic mass is 10.1. The van der Waals surface area contributed by atoms with Gasteiger partial charge in [0.05, 0.1) is 15.4 Å². The van der Waals surface area contributed by atoms with E-state index < -0.39 is 15.9 Å². The number of thiocarbonyl (C=S) groups is 1. The van der Waals surface area contributed by atoms with Crippen LogP contribution in [0.3, 0.4) is 0 Å². The number of sulfone groups is 1. The van der Waals surface area contributed by atoms with Gasteiger partial charge in [0.2, 0.25) is 0 Å². The molecular formula is C14H14ClN3O3S2. The van der Waals surface area contributed by atoms with Crippen LogP contribution < -0.4 is 5.32 Å². The van der Waals surface area contributed by atoms with Crippen LogP contribution in [0.25, 0.3) is 10.9 Å². The van der Waals surface area contributed by atoms with Crippen LogP contribution in [0, 0.1) is 0 Å². The van der Waals surface area contributed by atoms with Crippen LogP contribution >= 0.6 is 23.8 Å². The van der Waals surface area contributed by atoms with Gasteiger partial charge < -0.3 is 10.3 Å². The average Bonchev–Trinajstić information content (AvgIpc) is 2.97. The first-order valence-electron chi connectivity index (χ1n) is 6.76. The van der Waals surface area contributed by atoms with Crippen molar-refractivity contribution in [1.82, 2.24) is 15.2 Å². The van der Waals surface area contributed by atoms with E-state index in [2.05, 4.69) is 10.3 Å². The number of aromatic nitrogens is 1. The van der Waals surface area contributed by atoms with Crippen molar-refractivity contribution in [1.29, 1.82) is 0 Å². The fraction of sp³-hybridized carbons (Fsp3) is 0.286. The van der Waals surface area contributed by atoms with Gasteiger partial charge in [0.15, 0.2) is 14.9 Å². The zero-order valence-electron chi connectivity index (χ0n) is 12.4. The number of benzene rings is 1. The highest BCUT2D eigenvalue weighted by molar-refractivity contribution is 7.90. The number of amides is 1. The number of halogens is 1. The molecule has 1 aliphatic rings. The number of fused-ring (bicyclic) bond motifs is 1. The van der Waals surface area contributed by atoms with E-state index in [0.29, 0.717) is 17.0 Å². The van der Waals surface area contributed by atoms with Crippen molar-refractivity contribution in [2.75, 3.05) is 13.3 Å². The van der Waals surface area contributed by atoms with E-state index in [4.69, 9.17) is 23.8 Å². The zero-order valence-corrected chi connectivity index (χ0v) is 14.8. The van der Waals surface area contributed by atoms with Gasteiger partial charge in [-0.25, -0.2) is 8.42 Å². The van der Waals surface area contributed by atoms with Gasteiger partial charge in [-0.2, -0.15) is 0 Å². The van der Waals surface area contributed by atoms with Crippen molar-refractivity contribution in [3.05, 3.63) is 28.9 Å². The lowest BCUT2D eigenvalue weighted by molar-refractivity contribution is -0.126. The van der Waals surface area contributed by atoms with Gasteiger partial charge in [-0.1, -0.05) is 17.7 Å². The summed E-state index contributed by atoms with van der Waals surface area (Å²) >= 11 is 11.3. The number of nitrogens with zero attached hydrogens (tertiary/aromatic N) is 1. The van der Waals surface area contributed by atoms with E-state index in [9.17, 15) is 13.2 Å². The van der Waals surface area contributed by atoms with Crippen LogP contribution in [0.4, 0.5) is 0 Å². The number of rotatable bonds is 3. The summed E-state index contributed by atoms with van der Waals surface area (Å²) in [5, 5.41) is 4.32. The van der Waals surface area contributed by atoms with E-state index in [1.54, 1.807) is 19.3 Å². The number of likely N-dealkylation sites (N-methyl/N-ethyl adjacent to an activating group) is 1. The summed E-state index contributed by atoms with van der Waals surface area (Å²) in [5.74, 6) is -0.0943. The molecule has 2 heterocycles. The van der Waals surface area contributed by atoms with Crippen LogP contribution in [0.1, 0.15) is 5.56 Å². The Morgan fingerprint density at radius 1 is 1.39 bits per heavy atom. The van der Waals surface area contributed by atoms with Crippen molar-refractivity contribution in [3.8, 4) is 0 Å². The second-order valence-electron chi connectivity index (χ2n) is 5.49. The maximum Gasteiger partial charge on any atom is 0.251 e. The minimum absolute atomic E-state index is 0.0797. The maximum atomic E-state index is 12.1. The molecule has 2 aromatic rings. The summed E-state index contributed by atoms with van der Waals surface area (Å²) < 4.78 is 23.5. The van der Waals surface area contributed by atoms with E-state index in [-0.39, 0.29) is 15.8 Å². The van der Waals surface area contributed by atoms with Crippen LogP contribution in [-0.4, -0.2) is 48.7 Å². The molecule has 0 bridgehead atoms. The predicted molar refractivity (Wildman–Crippen MR) is 92.4 cm³/mol. The molecule has 122 valence electrons. The van der Waals surface area contributed by atoms with Crippen molar-refractivity contribution in [2.45, 2.75) is 17.4 Å². The van der Waals surface area contributed by atoms with Crippen molar-refractivity contribution >= 4 is 55.6 Å². The standard InChI is InChI=1S/C14H14ClN3O3S2/c1-18-13(19)9(17-14(18)22)5-7-6-16-12-8(7)3-4-10(11(12)15)23(2,20)21/h3-4,6,9,16H,5H2,1-2H3,(H,17,22). The largest absolute Gasteiger partial charge is 0.360 e. The summed E-state index contributed by atoms with van der Waals surface area (Å²) in [6, 6.07) is 2.75. The molecule has 2 N–H and O–H groups in total. The lowest BCUT2D eigenvalue weighted by Gasteiger charge is -2.08. The Balaban J connectivity index is 2.00. The highest BCUT2D eigenvalue weighted by atomic mass is 35.5. The number of hydrogen-bond acceptors (Lipinski definition) is 4. The molecule has 1 amide bonds. The van der Waals surface area contributed by atoms with Gasteiger partial charge in [-0.3, -0.25) is 9.69 Å². The predicted octanol–water partition coefficient (Wildman–Crippen LogP) is 1.48. The number of hydrogen-bond donors (Lipinski definition) is 2. The monoisotopic (exact) mass is 371 g/mol. The van der Waals surface area contributed by atoms with Crippen molar-refractivity contribution in [2.24, 2.45) is 0 Å². The average molecular weight is 372 g/mol. The fourth-order valence-electron chi connectivity index (χ4n) is 2.66. The smallest absolute Gasteiger partial charge is 0.251 e. The van der Waals surface area contributed by atoms with E-state index >= 15 is 0 Å². The Kier molecular flexibility index (Phi) is 3.86. The summed E-state index contributed by atoms with van der Waals surface area (Å²) in [6.45, 7) is 0. The Bertz CT molecular complexity index is 936. The summed E-state index contributed by atoms with van der Waals surface area (Å²) in [7, 11) is -1.78. The summed E-state index contributed by atoms with van der Waals surface area (Å²) in [5.41, 5.74) is 1.41. The van der Waals surface area contributed by atoms with Crippen molar-refractivity contribution in [3.63, 3.8) is 0 Å². The molecule has 1 aliphatic heterocycles. The SMILES string of the molecule is CN1C(=O)C(Cc2c[nH]c3c(Cl)c(S(C)(=O)=O)ccc23)NC1=S. The van der Waals surface area contributed by atoms with Crippen LogP contribution in [0.2, 0.25) is 5.02 Å². The van der Waals surface area contributed by atoms with Gasteiger partial charge in [0.25, 0.3) is 5.91 Å². The molecule has 1 aromatic heterocycles. The number of H-pyrrole nitrogens is 1. The normalized spacial score (nSPS) is 18.7. The lowest BCUT2D eigenvalue weighted by Crippen LogP contribution is -2.31. The summed E-state index contributed by atoms with van der Waals surface area (Å²) in [4.78, 5) is 16.6. The van der Waals surface area contributed by atoms with Crippen molar-refractivity contribution < 1.29 is 13.2 Å². The van der Waals surface area contributed by atoms with Gasteiger partial charge >= 0.3 is 0 Å². The van der Waals surface area contributed by atoms with Gasteiger partial charge in [-0.05, 0) is 23.8 Å². The number of carbonyl (C=O) groups excluding carboxylic acids is 1. The first-order chi connectivity index (χ1) is 10.7. The molecule has 0 spiro atoms. The Hall–Kier alpha value is -1.64. The number of aromatic amines is 1. The first-order valence-corrected chi connectivity index (χ1v) is 9.44. The molecule has 0 radical (unpaired) electrons. The van der Waals surface area contributed by atoms with Crippen LogP contribution in [0.5, 0.6) is 0 Å². The highest BCUT2D eigenvalue weighted by Gasteiger charge is 2.33. The molecule has 1 unspecified atom stereocenters. The minimum Gasteiger partial charge on any atom is -0.360 e. The summed E-state index contributed by atoms with van der Waals surface area (Å²) in [6.07, 6.45) is 3.28. The van der Waals surface area contributed by atoms with E-state index in [1.165, 1.54) is 11.0 Å². The molecule has 9 heteroatoms. The number of nitrogens with one attached hydrogen (secondary N) is 2. The molecule has 1 saturated heterocycles. The Morgan fingerprint density at radius 2 is 2.09 bits per heavy atom. The Labute approximate surface area is 143 Å². The Morgan fingerprint density at radius 3 is 2.65 bits per heavy atom. The molecule has 1 aromatic carbocycles. The second kappa shape index (κ2) is 5.47. The highest BCUT2D eigenvalue weighted by Crippen LogP contribution is 2.32. The maximum absolute atomic E-state index is 12.1. The molecule has 3 rings (SSSR count). The third-order valence-corrected chi connectivity index (χ3v) is 5.93. The van der Waals surface area contributed by atoms with Gasteiger partial charge in [0.1, 0.15) is 6.04 Å². The third-order valence-electron chi connectivity index (χ3n) is 3.90. The van der Waals surface area contributed by atoms with Crippen LogP contribution in [-0.2, 0) is 21.1 Å². The van der Waals surface area contributed by atoms with Gasteiger partial charge in [0, 0.05) is 31.3 Å². The molecule has 1 atom stereocenters. The zero-order chi connectivity index (χ0) is 16.9.